The zero-order valence-electron chi connectivity index (χ0n) is 9.01. The van der Waals surface area contributed by atoms with Crippen LogP contribution in [0.5, 0.6) is 0 Å². The number of carboxylic acids is 1. The SMILES string of the molecule is CN(Cc1csc(Br)c1)c1ccc(C(=O)O)s1. The van der Waals surface area contributed by atoms with Gasteiger partial charge in [-0.05, 0) is 45.1 Å². The molecule has 0 saturated heterocycles. The summed E-state index contributed by atoms with van der Waals surface area (Å²) in [6.07, 6.45) is 0. The van der Waals surface area contributed by atoms with Crippen LogP contribution in [0.1, 0.15) is 15.2 Å². The lowest BCUT2D eigenvalue weighted by Crippen LogP contribution is -2.14. The Morgan fingerprint density at radius 1 is 1.53 bits per heavy atom. The summed E-state index contributed by atoms with van der Waals surface area (Å²) < 4.78 is 1.11. The highest BCUT2D eigenvalue weighted by Crippen LogP contribution is 2.28. The normalized spacial score (nSPS) is 10.5. The number of rotatable bonds is 4. The van der Waals surface area contributed by atoms with Crippen LogP contribution in [-0.2, 0) is 6.54 Å². The summed E-state index contributed by atoms with van der Waals surface area (Å²) in [5.74, 6) is -0.868. The largest absolute Gasteiger partial charge is 0.477 e. The molecule has 0 saturated carbocycles. The van der Waals surface area contributed by atoms with Crippen LogP contribution in [0.25, 0.3) is 0 Å². The van der Waals surface area contributed by atoms with Gasteiger partial charge in [-0.25, -0.2) is 4.79 Å². The van der Waals surface area contributed by atoms with Gasteiger partial charge in [0.05, 0.1) is 8.79 Å². The average Bonchev–Trinajstić information content (AvgIpc) is 2.86. The molecule has 0 aromatic carbocycles. The van der Waals surface area contributed by atoms with Crippen molar-refractivity contribution < 1.29 is 9.90 Å². The minimum atomic E-state index is -0.868. The molecule has 0 amide bonds. The van der Waals surface area contributed by atoms with Gasteiger partial charge in [-0.15, -0.1) is 22.7 Å². The van der Waals surface area contributed by atoms with Gasteiger partial charge < -0.3 is 10.0 Å². The van der Waals surface area contributed by atoms with Gasteiger partial charge in [0.2, 0.25) is 0 Å². The third kappa shape index (κ3) is 3.08. The van der Waals surface area contributed by atoms with Crippen molar-refractivity contribution in [3.63, 3.8) is 0 Å². The molecular formula is C11H10BrNO2S2. The van der Waals surface area contributed by atoms with Crippen LogP contribution in [0, 0.1) is 0 Å². The van der Waals surface area contributed by atoms with Crippen LogP contribution in [0.2, 0.25) is 0 Å². The fraction of sp³-hybridized carbons (Fsp3) is 0.182. The first-order valence-corrected chi connectivity index (χ1v) is 7.32. The first-order chi connectivity index (χ1) is 8.06. The number of nitrogens with zero attached hydrogens (tertiary/aromatic N) is 1. The third-order valence-corrected chi connectivity index (χ3v) is 4.96. The molecule has 90 valence electrons. The molecular weight excluding hydrogens is 322 g/mol. The van der Waals surface area contributed by atoms with Crippen molar-refractivity contribution in [2.24, 2.45) is 0 Å². The number of hydrogen-bond donors (Lipinski definition) is 1. The Bertz CT molecular complexity index is 535. The molecule has 0 aliphatic rings. The zero-order valence-corrected chi connectivity index (χ0v) is 12.2. The van der Waals surface area contributed by atoms with Crippen LogP contribution in [-0.4, -0.2) is 18.1 Å². The predicted octanol–water partition coefficient (Wildman–Crippen LogP) is 3.91. The maximum Gasteiger partial charge on any atom is 0.345 e. The summed E-state index contributed by atoms with van der Waals surface area (Å²) in [4.78, 5) is 13.2. The number of carboxylic acid groups (broad SMARTS) is 1. The molecule has 0 fully saturated rings. The fourth-order valence-electron chi connectivity index (χ4n) is 1.43. The van der Waals surface area contributed by atoms with Crippen molar-refractivity contribution >= 4 is 49.6 Å². The molecule has 2 rings (SSSR count). The van der Waals surface area contributed by atoms with E-state index in [1.807, 2.05) is 18.0 Å². The molecule has 2 aromatic heterocycles. The lowest BCUT2D eigenvalue weighted by atomic mass is 10.3. The predicted molar refractivity (Wildman–Crippen MR) is 75.4 cm³/mol. The van der Waals surface area contributed by atoms with Gasteiger partial charge >= 0.3 is 5.97 Å². The number of thiophene rings is 2. The zero-order chi connectivity index (χ0) is 12.4. The molecule has 0 aliphatic heterocycles. The van der Waals surface area contributed by atoms with E-state index < -0.39 is 5.97 Å². The first kappa shape index (κ1) is 12.6. The summed E-state index contributed by atoms with van der Waals surface area (Å²) in [6, 6.07) is 5.56. The van der Waals surface area contributed by atoms with Gasteiger partial charge in [-0.1, -0.05) is 0 Å². The number of hydrogen-bond acceptors (Lipinski definition) is 4. The Kier molecular flexibility index (Phi) is 3.86. The molecule has 2 aromatic rings. The number of aromatic carboxylic acids is 1. The van der Waals surface area contributed by atoms with Gasteiger partial charge in [0, 0.05) is 13.6 Å². The van der Waals surface area contributed by atoms with Gasteiger partial charge in [0.15, 0.2) is 0 Å². The summed E-state index contributed by atoms with van der Waals surface area (Å²) in [5.41, 5.74) is 1.22. The van der Waals surface area contributed by atoms with Gasteiger partial charge in [0.1, 0.15) is 4.88 Å². The molecule has 0 spiro atoms. The summed E-state index contributed by atoms with van der Waals surface area (Å²) in [5, 5.41) is 11.9. The second-order valence-electron chi connectivity index (χ2n) is 3.56. The van der Waals surface area contributed by atoms with E-state index in [2.05, 4.69) is 27.4 Å². The summed E-state index contributed by atoms with van der Waals surface area (Å²) >= 11 is 6.37. The third-order valence-electron chi connectivity index (χ3n) is 2.22. The Balaban J connectivity index is 2.08. The van der Waals surface area contributed by atoms with E-state index in [0.717, 1.165) is 15.3 Å². The van der Waals surface area contributed by atoms with Crippen molar-refractivity contribution in [1.82, 2.24) is 0 Å². The van der Waals surface area contributed by atoms with Crippen LogP contribution in [0.15, 0.2) is 27.4 Å². The lowest BCUT2D eigenvalue weighted by molar-refractivity contribution is 0.0702. The van der Waals surface area contributed by atoms with E-state index in [1.54, 1.807) is 17.4 Å². The highest BCUT2D eigenvalue weighted by Gasteiger charge is 2.10. The Morgan fingerprint density at radius 2 is 2.29 bits per heavy atom. The topological polar surface area (TPSA) is 40.5 Å². The first-order valence-electron chi connectivity index (χ1n) is 4.83. The van der Waals surface area contributed by atoms with E-state index in [9.17, 15) is 4.79 Å². The minimum absolute atomic E-state index is 0.373. The Morgan fingerprint density at radius 3 is 2.82 bits per heavy atom. The highest BCUT2D eigenvalue weighted by atomic mass is 79.9. The van der Waals surface area contributed by atoms with Gasteiger partial charge in [-0.3, -0.25) is 0 Å². The van der Waals surface area contributed by atoms with Crippen molar-refractivity contribution in [3.8, 4) is 0 Å². The average molecular weight is 332 g/mol. The molecule has 6 heteroatoms. The summed E-state index contributed by atoms with van der Waals surface area (Å²) in [6.45, 7) is 0.779. The van der Waals surface area contributed by atoms with Gasteiger partial charge in [0.25, 0.3) is 0 Å². The Hall–Kier alpha value is -0.850. The minimum Gasteiger partial charge on any atom is -0.477 e. The van der Waals surface area contributed by atoms with Crippen LogP contribution in [0.4, 0.5) is 5.00 Å². The number of carbonyl (C=O) groups is 1. The molecule has 0 radical (unpaired) electrons. The molecule has 17 heavy (non-hydrogen) atoms. The van der Waals surface area contributed by atoms with Crippen LogP contribution in [0.3, 0.4) is 0 Å². The van der Waals surface area contributed by atoms with E-state index in [4.69, 9.17) is 5.11 Å². The second kappa shape index (κ2) is 5.20. The Labute approximate surface area is 115 Å². The second-order valence-corrected chi connectivity index (χ2v) is 6.91. The van der Waals surface area contributed by atoms with Crippen LogP contribution < -0.4 is 4.90 Å². The quantitative estimate of drug-likeness (QED) is 0.923. The monoisotopic (exact) mass is 331 g/mol. The molecule has 3 nitrogen and oxygen atoms in total. The molecule has 2 heterocycles. The van der Waals surface area contributed by atoms with E-state index in [-0.39, 0.29) is 0 Å². The standard InChI is InChI=1S/C11H10BrNO2S2/c1-13(5-7-4-9(12)16-6-7)10-3-2-8(17-10)11(14)15/h2-4,6H,5H2,1H3,(H,14,15). The number of halogens is 1. The molecule has 0 bridgehead atoms. The maximum atomic E-state index is 10.8. The van der Waals surface area contributed by atoms with Crippen molar-refractivity contribution in [2.75, 3.05) is 11.9 Å². The molecule has 0 atom stereocenters. The highest BCUT2D eigenvalue weighted by molar-refractivity contribution is 9.11. The molecule has 0 unspecified atom stereocenters. The smallest absolute Gasteiger partial charge is 0.345 e. The van der Waals surface area contributed by atoms with Crippen molar-refractivity contribution in [3.05, 3.63) is 37.8 Å². The van der Waals surface area contributed by atoms with E-state index in [0.29, 0.717) is 4.88 Å². The van der Waals surface area contributed by atoms with Crippen molar-refractivity contribution in [1.29, 1.82) is 0 Å². The molecule has 1 N–H and O–H groups in total. The van der Waals surface area contributed by atoms with E-state index >= 15 is 0 Å². The lowest BCUT2D eigenvalue weighted by Gasteiger charge is -2.15. The fourth-order valence-corrected chi connectivity index (χ4v) is 3.43. The maximum absolute atomic E-state index is 10.8. The summed E-state index contributed by atoms with van der Waals surface area (Å²) in [7, 11) is 1.96. The number of anilines is 1. The van der Waals surface area contributed by atoms with Crippen LogP contribution >= 0.6 is 38.6 Å². The van der Waals surface area contributed by atoms with Gasteiger partial charge in [-0.2, -0.15) is 0 Å². The molecule has 0 aliphatic carbocycles. The van der Waals surface area contributed by atoms with Crippen molar-refractivity contribution in [2.45, 2.75) is 6.54 Å². The van der Waals surface area contributed by atoms with E-state index in [1.165, 1.54) is 16.9 Å².